The fourth-order valence-corrected chi connectivity index (χ4v) is 1.86. The van der Waals surface area contributed by atoms with Crippen molar-refractivity contribution in [2.45, 2.75) is 13.8 Å². The zero-order valence-electron chi connectivity index (χ0n) is 11.6. The number of carbonyl (C=O) groups is 1. The van der Waals surface area contributed by atoms with Gasteiger partial charge in [-0.3, -0.25) is 0 Å². The van der Waals surface area contributed by atoms with Crippen molar-refractivity contribution in [2.24, 2.45) is 5.10 Å². The van der Waals surface area contributed by atoms with E-state index in [1.54, 1.807) is 6.21 Å². The number of benzene rings is 1. The Labute approximate surface area is 117 Å². The van der Waals surface area contributed by atoms with Crippen LogP contribution < -0.4 is 5.43 Å². The third-order valence-electron chi connectivity index (χ3n) is 2.88. The van der Waals surface area contributed by atoms with Gasteiger partial charge in [-0.05, 0) is 26.0 Å². The summed E-state index contributed by atoms with van der Waals surface area (Å²) in [6, 6.07) is 9.83. The highest BCUT2D eigenvalue weighted by Gasteiger charge is 2.10. The number of hydrogen-bond acceptors (Lipinski definition) is 4. The van der Waals surface area contributed by atoms with Crippen LogP contribution in [0.2, 0.25) is 0 Å². The lowest BCUT2D eigenvalue weighted by Crippen LogP contribution is -2.16. The molecular weight excluding hydrogens is 256 g/mol. The third-order valence-corrected chi connectivity index (χ3v) is 2.88. The molecule has 0 saturated heterocycles. The lowest BCUT2D eigenvalue weighted by molar-refractivity contribution is 0.171. The van der Waals surface area contributed by atoms with Gasteiger partial charge in [0.15, 0.2) is 0 Å². The number of nitrogens with zero attached hydrogens (tertiary/aromatic N) is 3. The summed E-state index contributed by atoms with van der Waals surface area (Å²) in [5.74, 6) is 0. The van der Waals surface area contributed by atoms with E-state index in [4.69, 9.17) is 0 Å². The van der Waals surface area contributed by atoms with E-state index < -0.39 is 6.09 Å². The minimum atomic E-state index is -0.605. The summed E-state index contributed by atoms with van der Waals surface area (Å²) in [5, 5.41) is 8.32. The van der Waals surface area contributed by atoms with Gasteiger partial charge in [-0.25, -0.2) is 14.9 Å². The van der Waals surface area contributed by atoms with Crippen LogP contribution in [0.15, 0.2) is 35.4 Å². The molecule has 1 amide bonds. The highest BCUT2D eigenvalue weighted by atomic mass is 16.5. The fraction of sp³-hybridized carbons (Fsp3) is 0.214. The van der Waals surface area contributed by atoms with Crippen LogP contribution in [0.3, 0.4) is 0 Å². The molecule has 0 atom stereocenters. The number of ether oxygens (including phenoxy) is 1. The molecule has 0 aliphatic heterocycles. The second kappa shape index (κ2) is 6.01. The minimum absolute atomic E-state index is 0.605. The molecule has 20 heavy (non-hydrogen) atoms. The average molecular weight is 272 g/mol. The van der Waals surface area contributed by atoms with Crippen LogP contribution in [0.5, 0.6) is 0 Å². The molecule has 1 aromatic carbocycles. The maximum Gasteiger partial charge on any atom is 0.427 e. The van der Waals surface area contributed by atoms with E-state index in [1.807, 2.05) is 48.9 Å². The summed E-state index contributed by atoms with van der Waals surface area (Å²) in [5.41, 5.74) is 5.88. The standard InChI is InChI=1S/C14H16N4O2/c1-10-13(9-15-16-14(19)20-3)11(2)18(17-10)12-7-5-4-6-8-12/h4-9H,1-3H3,(H,16,19)/b15-9+. The predicted octanol–water partition coefficient (Wildman–Crippen LogP) is 2.18. The zero-order chi connectivity index (χ0) is 14.5. The fourth-order valence-electron chi connectivity index (χ4n) is 1.86. The molecular formula is C14H16N4O2. The van der Waals surface area contributed by atoms with Crippen molar-refractivity contribution in [3.63, 3.8) is 0 Å². The predicted molar refractivity (Wildman–Crippen MR) is 76.2 cm³/mol. The molecule has 2 rings (SSSR count). The van der Waals surface area contributed by atoms with Gasteiger partial charge in [0, 0.05) is 5.56 Å². The largest absolute Gasteiger partial charge is 0.452 e. The van der Waals surface area contributed by atoms with Crippen LogP contribution in [0.4, 0.5) is 4.79 Å². The Morgan fingerprint density at radius 2 is 2.05 bits per heavy atom. The van der Waals surface area contributed by atoms with E-state index in [9.17, 15) is 4.79 Å². The van der Waals surface area contributed by atoms with Gasteiger partial charge in [0.05, 0.1) is 30.4 Å². The quantitative estimate of drug-likeness (QED) is 0.687. The normalized spacial score (nSPS) is 10.8. The summed E-state index contributed by atoms with van der Waals surface area (Å²) < 4.78 is 6.28. The highest BCUT2D eigenvalue weighted by Crippen LogP contribution is 2.15. The summed E-state index contributed by atoms with van der Waals surface area (Å²) in [6.07, 6.45) is 0.959. The van der Waals surface area contributed by atoms with E-state index in [0.717, 1.165) is 22.6 Å². The van der Waals surface area contributed by atoms with Crippen molar-refractivity contribution in [3.8, 4) is 5.69 Å². The molecule has 0 bridgehead atoms. The number of aryl methyl sites for hydroxylation is 1. The third kappa shape index (κ3) is 2.85. The lowest BCUT2D eigenvalue weighted by atomic mass is 10.2. The number of hydrazone groups is 1. The van der Waals surface area contributed by atoms with Crippen LogP contribution in [-0.2, 0) is 4.74 Å². The molecule has 0 spiro atoms. The van der Waals surface area contributed by atoms with E-state index in [1.165, 1.54) is 7.11 Å². The number of amides is 1. The van der Waals surface area contributed by atoms with Crippen molar-refractivity contribution in [1.29, 1.82) is 0 Å². The second-order valence-electron chi connectivity index (χ2n) is 4.19. The molecule has 1 heterocycles. The van der Waals surface area contributed by atoms with Crippen molar-refractivity contribution in [1.82, 2.24) is 15.2 Å². The number of para-hydroxylation sites is 1. The van der Waals surface area contributed by atoms with E-state index in [-0.39, 0.29) is 0 Å². The van der Waals surface area contributed by atoms with E-state index in [0.29, 0.717) is 0 Å². The Balaban J connectivity index is 2.28. The summed E-state index contributed by atoms with van der Waals surface area (Å²) in [6.45, 7) is 3.85. The summed E-state index contributed by atoms with van der Waals surface area (Å²) >= 11 is 0. The molecule has 104 valence electrons. The first-order valence-electron chi connectivity index (χ1n) is 6.12. The molecule has 0 aliphatic carbocycles. The van der Waals surface area contributed by atoms with Crippen LogP contribution in [0.25, 0.3) is 5.69 Å². The van der Waals surface area contributed by atoms with Gasteiger partial charge in [-0.15, -0.1) is 0 Å². The maximum atomic E-state index is 10.9. The molecule has 1 N–H and O–H groups in total. The molecule has 1 aromatic heterocycles. The number of methoxy groups -OCH3 is 1. The van der Waals surface area contributed by atoms with Crippen LogP contribution >= 0.6 is 0 Å². The molecule has 2 aromatic rings. The van der Waals surface area contributed by atoms with Gasteiger partial charge in [0.1, 0.15) is 0 Å². The highest BCUT2D eigenvalue weighted by molar-refractivity contribution is 5.83. The summed E-state index contributed by atoms with van der Waals surface area (Å²) in [7, 11) is 1.29. The minimum Gasteiger partial charge on any atom is -0.452 e. The number of nitrogens with one attached hydrogen (secondary N) is 1. The molecule has 0 unspecified atom stereocenters. The van der Waals surface area contributed by atoms with Crippen molar-refractivity contribution >= 4 is 12.3 Å². The van der Waals surface area contributed by atoms with Gasteiger partial charge >= 0.3 is 6.09 Å². The van der Waals surface area contributed by atoms with Gasteiger partial charge in [0.25, 0.3) is 0 Å². The first-order valence-corrected chi connectivity index (χ1v) is 6.12. The SMILES string of the molecule is COC(=O)N/N=C/c1c(C)nn(-c2ccccc2)c1C. The molecule has 0 radical (unpaired) electrons. The average Bonchev–Trinajstić information content (AvgIpc) is 2.75. The van der Waals surface area contributed by atoms with Crippen molar-refractivity contribution < 1.29 is 9.53 Å². The number of rotatable bonds is 3. The van der Waals surface area contributed by atoms with Crippen LogP contribution in [0.1, 0.15) is 17.0 Å². The first kappa shape index (κ1) is 13.8. The van der Waals surface area contributed by atoms with E-state index >= 15 is 0 Å². The van der Waals surface area contributed by atoms with Crippen LogP contribution in [-0.4, -0.2) is 29.2 Å². The van der Waals surface area contributed by atoms with Gasteiger partial charge in [-0.1, -0.05) is 18.2 Å². The first-order chi connectivity index (χ1) is 9.63. The topological polar surface area (TPSA) is 68.5 Å². The Kier molecular flexibility index (Phi) is 4.14. The zero-order valence-corrected chi connectivity index (χ0v) is 11.6. The molecule has 0 saturated carbocycles. The number of aromatic nitrogens is 2. The Bertz CT molecular complexity index is 632. The number of carbonyl (C=O) groups excluding carboxylic acids is 1. The Morgan fingerprint density at radius 3 is 2.70 bits per heavy atom. The molecule has 6 heteroatoms. The second-order valence-corrected chi connectivity index (χ2v) is 4.19. The van der Waals surface area contributed by atoms with Gasteiger partial charge in [-0.2, -0.15) is 10.2 Å². The maximum absolute atomic E-state index is 10.9. The Hall–Kier alpha value is -2.63. The monoisotopic (exact) mass is 272 g/mol. The van der Waals surface area contributed by atoms with Crippen LogP contribution in [0, 0.1) is 13.8 Å². The van der Waals surface area contributed by atoms with Crippen molar-refractivity contribution in [3.05, 3.63) is 47.3 Å². The van der Waals surface area contributed by atoms with Gasteiger partial charge < -0.3 is 4.74 Å². The summed E-state index contributed by atoms with van der Waals surface area (Å²) in [4.78, 5) is 10.9. The van der Waals surface area contributed by atoms with Gasteiger partial charge in [0.2, 0.25) is 0 Å². The smallest absolute Gasteiger partial charge is 0.427 e. The lowest BCUT2D eigenvalue weighted by Gasteiger charge is -2.03. The molecule has 0 fully saturated rings. The number of hydrogen-bond donors (Lipinski definition) is 1. The molecule has 6 nitrogen and oxygen atoms in total. The van der Waals surface area contributed by atoms with E-state index in [2.05, 4.69) is 20.4 Å². The Morgan fingerprint density at radius 1 is 1.35 bits per heavy atom. The molecule has 0 aliphatic rings. The van der Waals surface area contributed by atoms with Crippen molar-refractivity contribution in [2.75, 3.05) is 7.11 Å².